The van der Waals surface area contributed by atoms with Crippen LogP contribution in [0.15, 0.2) is 0 Å². The fourth-order valence-electron chi connectivity index (χ4n) is 0.851. The first-order valence-corrected chi connectivity index (χ1v) is 7.71. The number of alkyl halides is 8. The van der Waals surface area contributed by atoms with Gasteiger partial charge in [-0.15, -0.1) is 0 Å². The average molecular weight is 406 g/mol. The molecular weight excluding hydrogens is 396 g/mol. The Labute approximate surface area is 141 Å². The van der Waals surface area contributed by atoms with E-state index >= 15 is 0 Å². The highest BCUT2D eigenvalue weighted by Crippen LogP contribution is 2.35. The highest BCUT2D eigenvalue weighted by Gasteiger charge is 2.24. The summed E-state index contributed by atoms with van der Waals surface area (Å²) in [5.41, 5.74) is -1.30. The Bertz CT molecular complexity index is 189. The van der Waals surface area contributed by atoms with Crippen molar-refractivity contribution in [2.45, 2.75) is 44.4 Å². The van der Waals surface area contributed by atoms with Crippen LogP contribution in [0, 0.1) is 0 Å². The van der Waals surface area contributed by atoms with Crippen molar-refractivity contribution in [1.82, 2.24) is 0 Å². The molecule has 2 unspecified atom stereocenters. The summed E-state index contributed by atoms with van der Waals surface area (Å²) in [7, 11) is 0. The van der Waals surface area contributed by atoms with Crippen LogP contribution in [-0.2, 0) is 4.74 Å². The van der Waals surface area contributed by atoms with Gasteiger partial charge in [-0.2, -0.15) is 0 Å². The first-order valence-electron chi connectivity index (χ1n) is 4.57. The Morgan fingerprint density at radius 2 is 1.00 bits per heavy atom. The predicted octanol–water partition coefficient (Wildman–Crippen LogP) is 6.43. The van der Waals surface area contributed by atoms with E-state index in [1.807, 2.05) is 0 Å². The summed E-state index contributed by atoms with van der Waals surface area (Å²) in [5, 5.41) is 0. The molecule has 17 heavy (non-hydrogen) atoms. The molecule has 0 spiro atoms. The van der Waals surface area contributed by atoms with Gasteiger partial charge in [0, 0.05) is 0 Å². The zero-order valence-corrected chi connectivity index (χ0v) is 14.5. The van der Waals surface area contributed by atoms with Crippen LogP contribution in [0.25, 0.3) is 0 Å². The molecule has 0 aromatic heterocycles. The first kappa shape index (κ1) is 19.3. The van der Waals surface area contributed by atoms with Gasteiger partial charge in [0.1, 0.15) is 11.1 Å². The second kappa shape index (κ2) is 8.54. The van der Waals surface area contributed by atoms with Gasteiger partial charge in [-0.3, -0.25) is 0 Å². The molecule has 1 nitrogen and oxygen atoms in total. The Hall–Kier alpha value is 2.28. The lowest BCUT2D eigenvalue weighted by atomic mass is 10.3. The van der Waals surface area contributed by atoms with Crippen molar-refractivity contribution in [2.24, 2.45) is 0 Å². The predicted molar refractivity (Wildman–Crippen MR) is 79.4 cm³/mol. The Balaban J connectivity index is 3.77. The van der Waals surface area contributed by atoms with E-state index in [9.17, 15) is 0 Å². The van der Waals surface area contributed by atoms with Crippen LogP contribution >= 0.6 is 92.8 Å². The lowest BCUT2D eigenvalue weighted by Gasteiger charge is -2.19. The molecule has 0 bridgehead atoms. The van der Waals surface area contributed by atoms with E-state index in [0.717, 1.165) is 0 Å². The van der Waals surface area contributed by atoms with Crippen LogP contribution in [0.5, 0.6) is 0 Å². The summed E-state index contributed by atoms with van der Waals surface area (Å²) in [5.74, 6) is 0. The molecule has 0 radical (unpaired) electrons. The van der Waals surface area contributed by atoms with Crippen molar-refractivity contribution in [3.8, 4) is 0 Å². The summed E-state index contributed by atoms with van der Waals surface area (Å²) >= 11 is 45.1. The summed E-state index contributed by atoms with van der Waals surface area (Å²) < 4.78 is 2.52. The standard InChI is InChI=1S/C8H10Cl8O/c9-5(1-3-7(11,12)13)17-6(10)2-4-8(14,15)16/h5-6H,1-4H2. The quantitative estimate of drug-likeness (QED) is 0.462. The number of ether oxygens (including phenoxy) is 1. The molecule has 9 heteroatoms. The molecule has 0 fully saturated rings. The van der Waals surface area contributed by atoms with E-state index in [2.05, 4.69) is 0 Å². The molecule has 0 saturated heterocycles. The molecule has 104 valence electrons. The molecule has 0 N–H and O–H groups in total. The Kier molecular flexibility index (Phi) is 9.69. The third-order valence-electron chi connectivity index (χ3n) is 1.60. The summed E-state index contributed by atoms with van der Waals surface area (Å²) in [6.45, 7) is 0. The maximum Gasteiger partial charge on any atom is 0.190 e. The maximum atomic E-state index is 5.85. The monoisotopic (exact) mass is 402 g/mol. The molecule has 2 atom stereocenters. The van der Waals surface area contributed by atoms with E-state index in [1.54, 1.807) is 0 Å². The maximum absolute atomic E-state index is 5.85. The van der Waals surface area contributed by atoms with E-state index in [4.69, 9.17) is 97.5 Å². The van der Waals surface area contributed by atoms with E-state index in [1.165, 1.54) is 0 Å². The van der Waals surface area contributed by atoms with Crippen LogP contribution in [0.4, 0.5) is 0 Å². The lowest BCUT2D eigenvalue weighted by molar-refractivity contribution is 0.0702. The number of halogens is 8. The topological polar surface area (TPSA) is 9.23 Å². The number of rotatable bonds is 6. The molecule has 0 saturated carbocycles. The highest BCUT2D eigenvalue weighted by molar-refractivity contribution is 6.67. The van der Waals surface area contributed by atoms with Gasteiger partial charge in [-0.1, -0.05) is 92.8 Å². The van der Waals surface area contributed by atoms with Gasteiger partial charge in [0.05, 0.1) is 0 Å². The second-order valence-corrected chi connectivity index (χ2v) is 9.27. The van der Waals surface area contributed by atoms with Crippen LogP contribution in [0.1, 0.15) is 25.7 Å². The number of hydrogen-bond acceptors (Lipinski definition) is 1. The fourth-order valence-corrected chi connectivity index (χ4v) is 2.02. The highest BCUT2D eigenvalue weighted by atomic mass is 35.6. The molecule has 0 rings (SSSR count). The van der Waals surface area contributed by atoms with Crippen molar-refractivity contribution < 1.29 is 4.74 Å². The molecule has 0 heterocycles. The van der Waals surface area contributed by atoms with Crippen molar-refractivity contribution in [3.63, 3.8) is 0 Å². The SMILES string of the molecule is ClC(CCC(Cl)(Cl)Cl)OC(Cl)CCC(Cl)(Cl)Cl. The van der Waals surface area contributed by atoms with E-state index in [-0.39, 0.29) is 12.8 Å². The van der Waals surface area contributed by atoms with Crippen LogP contribution in [0.3, 0.4) is 0 Å². The third-order valence-corrected chi connectivity index (χ3v) is 3.38. The van der Waals surface area contributed by atoms with Crippen LogP contribution in [-0.4, -0.2) is 18.7 Å². The van der Waals surface area contributed by atoms with E-state index in [0.29, 0.717) is 12.8 Å². The van der Waals surface area contributed by atoms with Crippen molar-refractivity contribution in [2.75, 3.05) is 0 Å². The second-order valence-electron chi connectivity index (χ2n) is 3.26. The molecule has 0 aromatic rings. The van der Waals surface area contributed by atoms with Gasteiger partial charge in [-0.05, 0) is 25.7 Å². The van der Waals surface area contributed by atoms with Crippen molar-refractivity contribution in [1.29, 1.82) is 0 Å². The first-order chi connectivity index (χ1) is 7.49. The lowest BCUT2D eigenvalue weighted by Crippen LogP contribution is -2.17. The van der Waals surface area contributed by atoms with Gasteiger partial charge in [0.25, 0.3) is 0 Å². The Morgan fingerprint density at radius 1 is 0.706 bits per heavy atom. The minimum atomic E-state index is -1.35. The molecular formula is C8H10Cl8O. The number of hydrogen-bond donors (Lipinski definition) is 0. The zero-order valence-electron chi connectivity index (χ0n) is 8.42. The summed E-state index contributed by atoms with van der Waals surface area (Å²) in [4.78, 5) is 0. The van der Waals surface area contributed by atoms with Gasteiger partial charge in [0.2, 0.25) is 0 Å². The Morgan fingerprint density at radius 3 is 1.24 bits per heavy atom. The van der Waals surface area contributed by atoms with Crippen LogP contribution < -0.4 is 0 Å². The minimum absolute atomic E-state index is 0.264. The summed E-state index contributed by atoms with van der Waals surface area (Å²) in [6, 6.07) is 0. The molecule has 0 aliphatic heterocycles. The third kappa shape index (κ3) is 14.5. The fraction of sp³-hybridized carbons (Fsp3) is 1.00. The van der Waals surface area contributed by atoms with Crippen LogP contribution in [0.2, 0.25) is 0 Å². The molecule has 0 aromatic carbocycles. The van der Waals surface area contributed by atoms with Gasteiger partial charge >= 0.3 is 0 Å². The average Bonchev–Trinajstić information content (AvgIpc) is 2.09. The zero-order chi connectivity index (χ0) is 13.7. The van der Waals surface area contributed by atoms with Crippen molar-refractivity contribution >= 4 is 92.8 Å². The normalized spacial score (nSPS) is 16.9. The summed E-state index contributed by atoms with van der Waals surface area (Å²) in [6.07, 6.45) is 1.24. The largest absolute Gasteiger partial charge is 0.344 e. The van der Waals surface area contributed by atoms with E-state index < -0.39 is 18.7 Å². The minimum Gasteiger partial charge on any atom is -0.344 e. The molecule has 0 aliphatic carbocycles. The van der Waals surface area contributed by atoms with Gasteiger partial charge in [-0.25, -0.2) is 0 Å². The van der Waals surface area contributed by atoms with Gasteiger partial charge < -0.3 is 4.74 Å². The molecule has 0 amide bonds. The van der Waals surface area contributed by atoms with Gasteiger partial charge in [0.15, 0.2) is 7.59 Å². The molecule has 0 aliphatic rings. The smallest absolute Gasteiger partial charge is 0.190 e. The van der Waals surface area contributed by atoms with Crippen molar-refractivity contribution in [3.05, 3.63) is 0 Å².